The zero-order valence-electron chi connectivity index (χ0n) is 17.9. The summed E-state index contributed by atoms with van der Waals surface area (Å²) in [6, 6.07) is 27.9. The molecule has 4 aromatic rings. The highest BCUT2D eigenvalue weighted by Crippen LogP contribution is 2.23. The Morgan fingerprint density at radius 1 is 0.935 bits per heavy atom. The zero-order valence-corrected chi connectivity index (χ0v) is 17.9. The third kappa shape index (κ3) is 4.75. The number of para-hydroxylation sites is 1. The van der Waals surface area contributed by atoms with Crippen LogP contribution in [0.5, 0.6) is 0 Å². The molecule has 0 aliphatic rings. The van der Waals surface area contributed by atoms with E-state index in [0.29, 0.717) is 17.9 Å². The third-order valence-corrected chi connectivity index (χ3v) is 5.60. The summed E-state index contributed by atoms with van der Waals surface area (Å²) in [5.74, 6) is 0.605. The van der Waals surface area contributed by atoms with Crippen LogP contribution in [0, 0.1) is 6.92 Å². The number of carbonyl (C=O) groups excluding carboxylic acids is 1. The van der Waals surface area contributed by atoms with Crippen molar-refractivity contribution in [2.45, 2.75) is 32.9 Å². The molecule has 1 atom stereocenters. The lowest BCUT2D eigenvalue weighted by Gasteiger charge is -2.19. The lowest BCUT2D eigenvalue weighted by molar-refractivity contribution is 0.0937. The van der Waals surface area contributed by atoms with Crippen LogP contribution in [0.1, 0.15) is 46.4 Å². The molecular weight excluding hydrogens is 382 g/mol. The standard InChI is InChI=1S/C27H27N3O/c1-3-24(20-12-5-4-6-13-20)30-27(31)23-17-26(29-25-16-10-9-15-22(23)25)28-18-21-14-8-7-11-19(21)2/h4-17,24H,3,18H2,1-2H3,(H,28,29)(H,30,31)/t24-/m0/s1. The van der Waals surface area contributed by atoms with Crippen LogP contribution in [0.25, 0.3) is 10.9 Å². The maximum absolute atomic E-state index is 13.3. The van der Waals surface area contributed by atoms with E-state index < -0.39 is 0 Å². The monoisotopic (exact) mass is 409 g/mol. The molecule has 0 saturated carbocycles. The molecule has 0 fully saturated rings. The normalized spacial score (nSPS) is 11.8. The minimum atomic E-state index is -0.0896. The topological polar surface area (TPSA) is 54.0 Å². The quantitative estimate of drug-likeness (QED) is 0.391. The molecule has 0 bridgehead atoms. The van der Waals surface area contributed by atoms with Crippen LogP contribution in [0.15, 0.2) is 84.9 Å². The number of aryl methyl sites for hydroxylation is 1. The molecular formula is C27H27N3O. The summed E-state index contributed by atoms with van der Waals surface area (Å²) in [7, 11) is 0. The average Bonchev–Trinajstić information content (AvgIpc) is 2.82. The van der Waals surface area contributed by atoms with Gasteiger partial charge in [0.1, 0.15) is 5.82 Å². The summed E-state index contributed by atoms with van der Waals surface area (Å²) in [6.07, 6.45) is 0.817. The highest BCUT2D eigenvalue weighted by atomic mass is 16.1. The number of pyridine rings is 1. The van der Waals surface area contributed by atoms with E-state index in [2.05, 4.69) is 36.6 Å². The maximum atomic E-state index is 13.3. The number of benzene rings is 3. The predicted octanol–water partition coefficient (Wildman–Crippen LogP) is 6.04. The molecule has 2 N–H and O–H groups in total. The van der Waals surface area contributed by atoms with E-state index in [1.165, 1.54) is 11.1 Å². The van der Waals surface area contributed by atoms with Crippen LogP contribution in [0.4, 0.5) is 5.82 Å². The van der Waals surface area contributed by atoms with Crippen LogP contribution in [-0.2, 0) is 6.54 Å². The number of anilines is 1. The van der Waals surface area contributed by atoms with Gasteiger partial charge in [-0.1, -0.05) is 79.7 Å². The fourth-order valence-corrected chi connectivity index (χ4v) is 3.79. The van der Waals surface area contributed by atoms with Gasteiger partial charge in [0.25, 0.3) is 5.91 Å². The Bertz CT molecular complexity index is 1190. The van der Waals surface area contributed by atoms with Crippen LogP contribution in [-0.4, -0.2) is 10.9 Å². The summed E-state index contributed by atoms with van der Waals surface area (Å²) < 4.78 is 0. The van der Waals surface area contributed by atoms with Gasteiger partial charge in [-0.2, -0.15) is 0 Å². The van der Waals surface area contributed by atoms with Gasteiger partial charge in [-0.3, -0.25) is 4.79 Å². The van der Waals surface area contributed by atoms with Crippen molar-refractivity contribution in [2.75, 3.05) is 5.32 Å². The second kappa shape index (κ2) is 9.43. The predicted molar refractivity (Wildman–Crippen MR) is 127 cm³/mol. The first-order valence-corrected chi connectivity index (χ1v) is 10.7. The highest BCUT2D eigenvalue weighted by Gasteiger charge is 2.17. The van der Waals surface area contributed by atoms with Gasteiger partial charge in [0.15, 0.2) is 0 Å². The number of fused-ring (bicyclic) bond motifs is 1. The summed E-state index contributed by atoms with van der Waals surface area (Å²) in [5.41, 5.74) is 4.97. The number of hydrogen-bond donors (Lipinski definition) is 2. The smallest absolute Gasteiger partial charge is 0.252 e. The molecule has 0 radical (unpaired) electrons. The Morgan fingerprint density at radius 2 is 1.65 bits per heavy atom. The second-order valence-corrected chi connectivity index (χ2v) is 7.70. The maximum Gasteiger partial charge on any atom is 0.252 e. The summed E-state index contributed by atoms with van der Waals surface area (Å²) in [5, 5.41) is 7.46. The van der Waals surface area contributed by atoms with Gasteiger partial charge in [0.2, 0.25) is 0 Å². The Kier molecular flexibility index (Phi) is 6.27. The van der Waals surface area contributed by atoms with E-state index in [9.17, 15) is 4.79 Å². The summed E-state index contributed by atoms with van der Waals surface area (Å²) in [4.78, 5) is 18.0. The number of carbonyl (C=O) groups is 1. The molecule has 1 heterocycles. The molecule has 0 saturated heterocycles. The van der Waals surface area contributed by atoms with Crippen LogP contribution < -0.4 is 10.6 Å². The van der Waals surface area contributed by atoms with Crippen molar-refractivity contribution in [3.8, 4) is 0 Å². The Morgan fingerprint density at radius 3 is 2.42 bits per heavy atom. The Balaban J connectivity index is 1.63. The Hall–Kier alpha value is -3.66. The number of rotatable bonds is 7. The summed E-state index contributed by atoms with van der Waals surface area (Å²) >= 11 is 0. The lowest BCUT2D eigenvalue weighted by atomic mass is 10.0. The van der Waals surface area contributed by atoms with Crippen LogP contribution in [0.2, 0.25) is 0 Å². The van der Waals surface area contributed by atoms with E-state index in [1.807, 2.05) is 72.8 Å². The molecule has 4 rings (SSSR count). The molecule has 0 aliphatic heterocycles. The third-order valence-electron chi connectivity index (χ3n) is 5.60. The first kappa shape index (κ1) is 20.6. The minimum Gasteiger partial charge on any atom is -0.366 e. The van der Waals surface area contributed by atoms with Crippen molar-refractivity contribution < 1.29 is 4.79 Å². The molecule has 0 aliphatic carbocycles. The van der Waals surface area contributed by atoms with Crippen molar-refractivity contribution in [1.29, 1.82) is 0 Å². The zero-order chi connectivity index (χ0) is 21.6. The van der Waals surface area contributed by atoms with Crippen molar-refractivity contribution in [2.24, 2.45) is 0 Å². The van der Waals surface area contributed by atoms with E-state index >= 15 is 0 Å². The van der Waals surface area contributed by atoms with Crippen molar-refractivity contribution in [3.63, 3.8) is 0 Å². The average molecular weight is 410 g/mol. The molecule has 31 heavy (non-hydrogen) atoms. The Labute approximate surface area is 183 Å². The van der Waals surface area contributed by atoms with Gasteiger partial charge in [-0.05, 0) is 42.2 Å². The van der Waals surface area contributed by atoms with E-state index in [1.54, 1.807) is 0 Å². The van der Waals surface area contributed by atoms with Crippen molar-refractivity contribution >= 4 is 22.6 Å². The highest BCUT2D eigenvalue weighted by molar-refractivity contribution is 6.07. The van der Waals surface area contributed by atoms with E-state index in [-0.39, 0.29) is 11.9 Å². The first-order valence-electron chi connectivity index (χ1n) is 10.7. The fourth-order valence-electron chi connectivity index (χ4n) is 3.79. The van der Waals surface area contributed by atoms with Crippen molar-refractivity contribution in [3.05, 3.63) is 107 Å². The van der Waals surface area contributed by atoms with Gasteiger partial charge in [0, 0.05) is 11.9 Å². The van der Waals surface area contributed by atoms with Gasteiger partial charge in [-0.15, -0.1) is 0 Å². The molecule has 4 nitrogen and oxygen atoms in total. The first-order chi connectivity index (χ1) is 15.2. The second-order valence-electron chi connectivity index (χ2n) is 7.70. The summed E-state index contributed by atoms with van der Waals surface area (Å²) in [6.45, 7) is 4.83. The molecule has 0 spiro atoms. The van der Waals surface area contributed by atoms with Crippen LogP contribution in [0.3, 0.4) is 0 Å². The number of nitrogens with zero attached hydrogens (tertiary/aromatic N) is 1. The fraction of sp³-hybridized carbons (Fsp3) is 0.185. The van der Waals surface area contributed by atoms with Gasteiger partial charge >= 0.3 is 0 Å². The largest absolute Gasteiger partial charge is 0.366 e. The number of hydrogen-bond acceptors (Lipinski definition) is 3. The lowest BCUT2D eigenvalue weighted by Crippen LogP contribution is -2.28. The van der Waals surface area contributed by atoms with Gasteiger partial charge in [-0.25, -0.2) is 4.98 Å². The molecule has 3 aromatic carbocycles. The minimum absolute atomic E-state index is 0.0380. The molecule has 156 valence electrons. The van der Waals surface area contributed by atoms with Gasteiger partial charge < -0.3 is 10.6 Å². The number of aromatic nitrogens is 1. The number of nitrogens with one attached hydrogen (secondary N) is 2. The molecule has 1 aromatic heterocycles. The SMILES string of the molecule is CC[C@H](NC(=O)c1cc(NCc2ccccc2C)nc2ccccc12)c1ccccc1. The molecule has 1 amide bonds. The number of amides is 1. The van der Waals surface area contributed by atoms with E-state index in [0.717, 1.165) is 22.9 Å². The van der Waals surface area contributed by atoms with Crippen LogP contribution >= 0.6 is 0 Å². The van der Waals surface area contributed by atoms with E-state index in [4.69, 9.17) is 4.98 Å². The van der Waals surface area contributed by atoms with Gasteiger partial charge in [0.05, 0.1) is 17.1 Å². The molecule has 0 unspecified atom stereocenters. The van der Waals surface area contributed by atoms with Crippen molar-refractivity contribution in [1.82, 2.24) is 10.3 Å². The molecule has 4 heteroatoms.